The van der Waals surface area contributed by atoms with Crippen molar-refractivity contribution < 1.29 is 28.6 Å². The second kappa shape index (κ2) is 43.1. The van der Waals surface area contributed by atoms with Crippen LogP contribution in [0.15, 0.2) is 0 Å². The highest BCUT2D eigenvalue weighted by molar-refractivity contribution is 5.71. The van der Waals surface area contributed by atoms with E-state index < -0.39 is 6.10 Å². The monoisotopic (exact) mass is 751 g/mol. The molecule has 0 radical (unpaired) electrons. The van der Waals surface area contributed by atoms with E-state index in [9.17, 15) is 14.4 Å². The third-order valence-corrected chi connectivity index (χ3v) is 10.6. The number of hydrogen-bond acceptors (Lipinski definition) is 6. The molecule has 0 aliphatic rings. The number of rotatable bonds is 43. The van der Waals surface area contributed by atoms with E-state index in [1.807, 2.05) is 0 Å². The van der Waals surface area contributed by atoms with Gasteiger partial charge in [-0.15, -0.1) is 0 Å². The standard InChI is InChI=1S/C47H90O6/c1-4-7-10-13-16-19-22-23-24-26-29-31-34-37-40-46(49)52-43-44(53-47(50)41-38-35-32-27-21-18-15-12-9-6-3)42-51-45(48)39-36-33-30-28-25-20-17-14-11-8-5-2/h44H,4-43H2,1-3H3/t44-/m1/s1. The Labute approximate surface area is 329 Å². The zero-order valence-electron chi connectivity index (χ0n) is 35.8. The van der Waals surface area contributed by atoms with E-state index in [1.54, 1.807) is 0 Å². The van der Waals surface area contributed by atoms with Crippen molar-refractivity contribution >= 4 is 17.9 Å². The highest BCUT2D eigenvalue weighted by Gasteiger charge is 2.19. The molecule has 0 N–H and O–H groups in total. The van der Waals surface area contributed by atoms with E-state index in [4.69, 9.17) is 14.2 Å². The van der Waals surface area contributed by atoms with E-state index in [1.165, 1.54) is 167 Å². The van der Waals surface area contributed by atoms with Crippen LogP contribution in [-0.2, 0) is 28.6 Å². The smallest absolute Gasteiger partial charge is 0.306 e. The zero-order valence-corrected chi connectivity index (χ0v) is 35.8. The molecule has 0 rings (SSSR count). The van der Waals surface area contributed by atoms with Crippen LogP contribution in [0.4, 0.5) is 0 Å². The second-order valence-electron chi connectivity index (χ2n) is 16.0. The Kier molecular flexibility index (Phi) is 41.8. The minimum atomic E-state index is -0.757. The van der Waals surface area contributed by atoms with Crippen molar-refractivity contribution in [1.29, 1.82) is 0 Å². The van der Waals surface area contributed by atoms with Crippen molar-refractivity contribution in [1.82, 2.24) is 0 Å². The Hall–Kier alpha value is -1.59. The van der Waals surface area contributed by atoms with Gasteiger partial charge in [-0.25, -0.2) is 0 Å². The Bertz CT molecular complexity index is 783. The highest BCUT2D eigenvalue weighted by atomic mass is 16.6. The number of ether oxygens (including phenoxy) is 3. The number of carbonyl (C=O) groups excluding carboxylic acids is 3. The van der Waals surface area contributed by atoms with Gasteiger partial charge in [-0.2, -0.15) is 0 Å². The van der Waals surface area contributed by atoms with E-state index in [-0.39, 0.29) is 31.1 Å². The molecular weight excluding hydrogens is 661 g/mol. The molecular formula is C47H90O6. The van der Waals surface area contributed by atoms with Gasteiger partial charge in [0.1, 0.15) is 13.2 Å². The van der Waals surface area contributed by atoms with Crippen LogP contribution in [0.25, 0.3) is 0 Å². The fourth-order valence-corrected chi connectivity index (χ4v) is 7.03. The van der Waals surface area contributed by atoms with Crippen LogP contribution < -0.4 is 0 Å². The van der Waals surface area contributed by atoms with E-state index in [2.05, 4.69) is 20.8 Å². The van der Waals surface area contributed by atoms with E-state index in [0.717, 1.165) is 57.8 Å². The Morgan fingerprint density at radius 3 is 0.755 bits per heavy atom. The summed E-state index contributed by atoms with van der Waals surface area (Å²) in [5.41, 5.74) is 0. The molecule has 0 aromatic rings. The van der Waals surface area contributed by atoms with Crippen LogP contribution in [0.5, 0.6) is 0 Å². The molecule has 0 spiro atoms. The maximum atomic E-state index is 12.7. The molecule has 0 aromatic heterocycles. The predicted octanol–water partition coefficient (Wildman–Crippen LogP) is 14.9. The van der Waals surface area contributed by atoms with Crippen LogP contribution in [0.3, 0.4) is 0 Å². The predicted molar refractivity (Wildman–Crippen MR) is 224 cm³/mol. The van der Waals surface area contributed by atoms with Gasteiger partial charge in [0.2, 0.25) is 0 Å². The third kappa shape index (κ3) is 41.4. The van der Waals surface area contributed by atoms with E-state index in [0.29, 0.717) is 19.3 Å². The summed E-state index contributed by atoms with van der Waals surface area (Å²) in [6.45, 7) is 6.64. The minimum Gasteiger partial charge on any atom is -0.462 e. The van der Waals surface area contributed by atoms with Crippen molar-refractivity contribution in [3.05, 3.63) is 0 Å². The molecule has 0 aromatic carbocycles. The quantitative estimate of drug-likeness (QED) is 0.0351. The molecule has 0 heterocycles. The Balaban J connectivity index is 4.29. The maximum Gasteiger partial charge on any atom is 0.306 e. The summed E-state index contributed by atoms with van der Waals surface area (Å²) in [7, 11) is 0. The summed E-state index contributed by atoms with van der Waals surface area (Å²) in [6, 6.07) is 0. The summed E-state index contributed by atoms with van der Waals surface area (Å²) in [6.07, 6.45) is 43.6. The van der Waals surface area contributed by atoms with Gasteiger partial charge in [0.05, 0.1) is 0 Å². The van der Waals surface area contributed by atoms with Gasteiger partial charge in [0.25, 0.3) is 0 Å². The van der Waals surface area contributed by atoms with E-state index >= 15 is 0 Å². The molecule has 0 saturated heterocycles. The molecule has 6 nitrogen and oxygen atoms in total. The van der Waals surface area contributed by atoms with Gasteiger partial charge >= 0.3 is 17.9 Å². The van der Waals surface area contributed by atoms with Crippen molar-refractivity contribution in [2.24, 2.45) is 0 Å². The lowest BCUT2D eigenvalue weighted by Crippen LogP contribution is -2.30. The van der Waals surface area contributed by atoms with Gasteiger partial charge in [0.15, 0.2) is 6.10 Å². The lowest BCUT2D eigenvalue weighted by molar-refractivity contribution is -0.167. The first kappa shape index (κ1) is 51.4. The molecule has 0 bridgehead atoms. The molecule has 0 fully saturated rings. The van der Waals surface area contributed by atoms with Crippen LogP contribution in [0.2, 0.25) is 0 Å². The first-order valence-electron chi connectivity index (χ1n) is 23.5. The Morgan fingerprint density at radius 2 is 0.509 bits per heavy atom. The number of unbranched alkanes of at least 4 members (excludes halogenated alkanes) is 32. The molecule has 1 atom stereocenters. The SMILES string of the molecule is CCCCCCCCCCCCCCCCC(=O)OC[C@@H](COC(=O)CCCCCCCCCCCCC)OC(=O)CCCCCCCCCCCC. The summed E-state index contributed by atoms with van der Waals surface area (Å²) in [5.74, 6) is -0.851. The molecule has 0 aliphatic carbocycles. The normalized spacial score (nSPS) is 11.8. The third-order valence-electron chi connectivity index (χ3n) is 10.6. The lowest BCUT2D eigenvalue weighted by Gasteiger charge is -2.18. The van der Waals surface area contributed by atoms with Crippen LogP contribution >= 0.6 is 0 Å². The summed E-state index contributed by atoms with van der Waals surface area (Å²) in [4.78, 5) is 37.7. The average molecular weight is 751 g/mol. The van der Waals surface area contributed by atoms with Gasteiger partial charge < -0.3 is 14.2 Å². The van der Waals surface area contributed by atoms with Gasteiger partial charge in [-0.3, -0.25) is 14.4 Å². The van der Waals surface area contributed by atoms with Gasteiger partial charge in [0, 0.05) is 19.3 Å². The van der Waals surface area contributed by atoms with Crippen LogP contribution in [0, 0.1) is 0 Å². The zero-order chi connectivity index (χ0) is 38.7. The Morgan fingerprint density at radius 1 is 0.302 bits per heavy atom. The number of esters is 3. The molecule has 314 valence electrons. The average Bonchev–Trinajstić information content (AvgIpc) is 3.15. The molecule has 0 aliphatic heterocycles. The molecule has 0 saturated carbocycles. The van der Waals surface area contributed by atoms with Crippen LogP contribution in [0.1, 0.15) is 265 Å². The number of hydrogen-bond donors (Lipinski definition) is 0. The molecule has 0 unspecified atom stereocenters. The second-order valence-corrected chi connectivity index (χ2v) is 16.0. The van der Waals surface area contributed by atoms with Crippen LogP contribution in [-0.4, -0.2) is 37.2 Å². The fourth-order valence-electron chi connectivity index (χ4n) is 7.03. The molecule has 6 heteroatoms. The first-order chi connectivity index (χ1) is 26.0. The van der Waals surface area contributed by atoms with Crippen molar-refractivity contribution in [3.8, 4) is 0 Å². The number of carbonyl (C=O) groups is 3. The van der Waals surface area contributed by atoms with Gasteiger partial charge in [-0.05, 0) is 19.3 Å². The van der Waals surface area contributed by atoms with Gasteiger partial charge in [-0.1, -0.05) is 226 Å². The first-order valence-corrected chi connectivity index (χ1v) is 23.5. The van der Waals surface area contributed by atoms with Crippen molar-refractivity contribution in [2.75, 3.05) is 13.2 Å². The fraction of sp³-hybridized carbons (Fsp3) is 0.936. The largest absolute Gasteiger partial charge is 0.462 e. The highest BCUT2D eigenvalue weighted by Crippen LogP contribution is 2.16. The molecule has 0 amide bonds. The lowest BCUT2D eigenvalue weighted by atomic mass is 10.0. The summed E-state index contributed by atoms with van der Waals surface area (Å²) < 4.78 is 16.7. The summed E-state index contributed by atoms with van der Waals surface area (Å²) >= 11 is 0. The summed E-state index contributed by atoms with van der Waals surface area (Å²) in [5, 5.41) is 0. The topological polar surface area (TPSA) is 78.9 Å². The van der Waals surface area contributed by atoms with Crippen molar-refractivity contribution in [2.45, 2.75) is 271 Å². The van der Waals surface area contributed by atoms with Crippen molar-refractivity contribution in [3.63, 3.8) is 0 Å². The minimum absolute atomic E-state index is 0.0626. The molecule has 53 heavy (non-hydrogen) atoms. The maximum absolute atomic E-state index is 12.7.